The molecule has 1 fully saturated rings. The number of hydrogen-bond donors (Lipinski definition) is 1. The number of ether oxygens (including phenoxy) is 1. The number of carbonyl (C=O) groups excluding carboxylic acids is 2. The van der Waals surface area contributed by atoms with E-state index in [1.165, 1.54) is 4.90 Å². The fourth-order valence-corrected chi connectivity index (χ4v) is 6.67. The molecule has 1 saturated heterocycles. The van der Waals surface area contributed by atoms with Crippen molar-refractivity contribution in [1.82, 2.24) is 15.1 Å². The van der Waals surface area contributed by atoms with E-state index >= 15 is 0 Å². The van der Waals surface area contributed by atoms with Gasteiger partial charge in [0.25, 0.3) is 0 Å². The van der Waals surface area contributed by atoms with Gasteiger partial charge in [-0.2, -0.15) is 0 Å². The first-order valence-electron chi connectivity index (χ1n) is 12.4. The maximum atomic E-state index is 14.3. The van der Waals surface area contributed by atoms with Gasteiger partial charge in [0, 0.05) is 18.4 Å². The summed E-state index contributed by atoms with van der Waals surface area (Å²) in [5, 5.41) is 3.51. The molecular formula is C28H27ClN4O5S. The monoisotopic (exact) mass is 566 g/mol. The van der Waals surface area contributed by atoms with E-state index in [0.29, 0.717) is 22.3 Å². The molecule has 0 spiro atoms. The highest BCUT2D eigenvalue weighted by molar-refractivity contribution is 7.90. The minimum Gasteiger partial charge on any atom is -0.368 e. The number of fused-ring (bicyclic) bond motifs is 2. The summed E-state index contributed by atoms with van der Waals surface area (Å²) in [6.07, 6.45) is 5.03. The Morgan fingerprint density at radius 1 is 1.03 bits per heavy atom. The fraction of sp³-hybridized carbons (Fsp3) is 0.321. The summed E-state index contributed by atoms with van der Waals surface area (Å²) in [6, 6.07) is 12.4. The van der Waals surface area contributed by atoms with Gasteiger partial charge >= 0.3 is 6.03 Å². The number of amidine groups is 1. The Balaban J connectivity index is 1.57. The third-order valence-electron chi connectivity index (χ3n) is 8.05. The number of sulfone groups is 1. The van der Waals surface area contributed by atoms with Crippen molar-refractivity contribution in [3.8, 4) is 0 Å². The number of benzene rings is 2. The number of hydrogen-bond acceptors (Lipinski definition) is 6. The highest BCUT2D eigenvalue weighted by Gasteiger charge is 2.60. The lowest BCUT2D eigenvalue weighted by molar-refractivity contribution is -0.122. The minimum absolute atomic E-state index is 0.133. The average Bonchev–Trinajstić information content (AvgIpc) is 3.31. The highest BCUT2D eigenvalue weighted by Crippen LogP contribution is 2.55. The molecule has 4 unspecified atom stereocenters. The molecule has 11 heteroatoms. The number of methoxy groups -OCH3 is 1. The Hall–Kier alpha value is -3.47. The SMILES string of the molecule is COC1(C)C=CC2(C)C3=NC(c4ccc(S(C)(=O)=O)cc4)C(c4ccc(Cl)cc4)N3C(=O)N3CC(=O)NC1=C32. The Bertz CT molecular complexity index is 1620. The lowest BCUT2D eigenvalue weighted by atomic mass is 9.72. The number of aliphatic imine (C=N–C) groups is 1. The van der Waals surface area contributed by atoms with Gasteiger partial charge in [-0.15, -0.1) is 0 Å². The van der Waals surface area contributed by atoms with Crippen LogP contribution in [-0.4, -0.2) is 61.5 Å². The van der Waals surface area contributed by atoms with Gasteiger partial charge in [-0.3, -0.25) is 19.6 Å². The number of carbonyl (C=O) groups is 2. The van der Waals surface area contributed by atoms with Crippen molar-refractivity contribution < 1.29 is 22.7 Å². The van der Waals surface area contributed by atoms with Gasteiger partial charge in [0.05, 0.1) is 27.7 Å². The predicted octanol–water partition coefficient (Wildman–Crippen LogP) is 4.00. The third-order valence-corrected chi connectivity index (χ3v) is 9.43. The highest BCUT2D eigenvalue weighted by atomic mass is 35.5. The normalized spacial score (nSPS) is 29.7. The number of amides is 3. The molecule has 3 aliphatic heterocycles. The van der Waals surface area contributed by atoms with Gasteiger partial charge in [0.2, 0.25) is 5.91 Å². The first-order chi connectivity index (χ1) is 18.4. The van der Waals surface area contributed by atoms with Crippen LogP contribution in [0.15, 0.2) is 82.0 Å². The summed E-state index contributed by atoms with van der Waals surface area (Å²) >= 11 is 6.19. The molecular weight excluding hydrogens is 540 g/mol. The van der Waals surface area contributed by atoms with E-state index in [9.17, 15) is 18.0 Å². The molecule has 4 atom stereocenters. The fourth-order valence-electron chi connectivity index (χ4n) is 5.92. The van der Waals surface area contributed by atoms with Gasteiger partial charge in [-0.1, -0.05) is 41.9 Å². The summed E-state index contributed by atoms with van der Waals surface area (Å²) in [5.41, 5.74) is 0.941. The smallest absolute Gasteiger partial charge is 0.330 e. The van der Waals surface area contributed by atoms with Gasteiger partial charge in [0.15, 0.2) is 9.84 Å². The van der Waals surface area contributed by atoms with Crippen LogP contribution in [0.2, 0.25) is 5.02 Å². The van der Waals surface area contributed by atoms with Crippen LogP contribution in [0, 0.1) is 5.41 Å². The van der Waals surface area contributed by atoms with Crippen LogP contribution in [0.5, 0.6) is 0 Å². The Morgan fingerprint density at radius 2 is 1.67 bits per heavy atom. The van der Waals surface area contributed by atoms with E-state index in [1.807, 2.05) is 38.1 Å². The van der Waals surface area contributed by atoms with Crippen LogP contribution in [0.3, 0.4) is 0 Å². The Labute approximate surface area is 231 Å². The van der Waals surface area contributed by atoms with Crippen LogP contribution >= 0.6 is 11.6 Å². The molecule has 0 aromatic heterocycles. The van der Waals surface area contributed by atoms with E-state index in [1.54, 1.807) is 48.4 Å². The second kappa shape index (κ2) is 8.51. The molecule has 0 bridgehead atoms. The minimum atomic E-state index is -3.39. The molecule has 39 heavy (non-hydrogen) atoms. The van der Waals surface area contributed by atoms with Crippen molar-refractivity contribution in [3.05, 3.63) is 88.2 Å². The second-order valence-electron chi connectivity index (χ2n) is 10.6. The zero-order valence-electron chi connectivity index (χ0n) is 21.8. The van der Waals surface area contributed by atoms with Crippen LogP contribution < -0.4 is 5.32 Å². The number of nitrogens with zero attached hydrogens (tertiary/aromatic N) is 3. The topological polar surface area (TPSA) is 108 Å². The summed E-state index contributed by atoms with van der Waals surface area (Å²) in [6.45, 7) is 3.68. The standard InChI is InChI=1S/C28H27ClN4O5S/c1-27-13-14-28(2,38-3)23-24(27)32(15-20(34)30-23)26(35)33-22(17-5-9-18(29)10-6-17)21(31-25(27)33)16-7-11-19(12-8-16)39(4,36)37/h5-14,21-22H,15H2,1-4H3,(H,30,34). The van der Waals surface area contributed by atoms with Gasteiger partial charge in [0.1, 0.15) is 24.0 Å². The van der Waals surface area contributed by atoms with Crippen molar-refractivity contribution in [3.63, 3.8) is 0 Å². The zero-order chi connectivity index (χ0) is 27.9. The quantitative estimate of drug-likeness (QED) is 0.563. The molecule has 1 N–H and O–H groups in total. The van der Waals surface area contributed by atoms with Gasteiger partial charge in [-0.05, 0) is 55.3 Å². The summed E-state index contributed by atoms with van der Waals surface area (Å²) in [5.74, 6) is 0.234. The largest absolute Gasteiger partial charge is 0.368 e. The first kappa shape index (κ1) is 25.8. The maximum absolute atomic E-state index is 14.3. The van der Waals surface area contributed by atoms with Crippen molar-refractivity contribution in [2.75, 3.05) is 19.9 Å². The van der Waals surface area contributed by atoms with Crippen LogP contribution in [-0.2, 0) is 19.4 Å². The van der Waals surface area contributed by atoms with Crippen LogP contribution in [0.25, 0.3) is 0 Å². The zero-order valence-corrected chi connectivity index (χ0v) is 23.4. The molecule has 4 aliphatic rings. The molecule has 3 amide bonds. The first-order valence-corrected chi connectivity index (χ1v) is 14.7. The van der Waals surface area contributed by atoms with Crippen molar-refractivity contribution in [1.29, 1.82) is 0 Å². The van der Waals surface area contributed by atoms with E-state index in [-0.39, 0.29) is 23.4 Å². The van der Waals surface area contributed by atoms with Crippen LogP contribution in [0.1, 0.15) is 37.1 Å². The lowest BCUT2D eigenvalue weighted by Crippen LogP contribution is -2.65. The van der Waals surface area contributed by atoms with Gasteiger partial charge < -0.3 is 10.1 Å². The number of urea groups is 1. The van der Waals surface area contributed by atoms with E-state index in [4.69, 9.17) is 21.3 Å². The molecule has 0 saturated carbocycles. The van der Waals surface area contributed by atoms with Crippen LogP contribution in [0.4, 0.5) is 4.79 Å². The number of halogens is 1. The summed E-state index contributed by atoms with van der Waals surface area (Å²) < 4.78 is 29.9. The van der Waals surface area contributed by atoms with Gasteiger partial charge in [-0.25, -0.2) is 13.2 Å². The van der Waals surface area contributed by atoms with E-state index < -0.39 is 32.9 Å². The predicted molar refractivity (Wildman–Crippen MR) is 146 cm³/mol. The summed E-state index contributed by atoms with van der Waals surface area (Å²) in [4.78, 5) is 35.6. The molecule has 202 valence electrons. The molecule has 2 aromatic rings. The second-order valence-corrected chi connectivity index (χ2v) is 13.0. The maximum Gasteiger partial charge on any atom is 0.330 e. The molecule has 2 aromatic carbocycles. The van der Waals surface area contributed by atoms with Crippen molar-refractivity contribution in [2.45, 2.75) is 36.4 Å². The molecule has 9 nitrogen and oxygen atoms in total. The Kier molecular flexibility index (Phi) is 5.63. The lowest BCUT2D eigenvalue weighted by Gasteiger charge is -2.53. The molecule has 6 rings (SSSR count). The van der Waals surface area contributed by atoms with E-state index in [2.05, 4.69) is 5.32 Å². The molecule has 3 heterocycles. The summed E-state index contributed by atoms with van der Waals surface area (Å²) in [7, 11) is -1.83. The average molecular weight is 567 g/mol. The van der Waals surface area contributed by atoms with Crippen molar-refractivity contribution >= 4 is 39.2 Å². The number of rotatable bonds is 4. The third kappa shape index (κ3) is 3.76. The van der Waals surface area contributed by atoms with E-state index in [0.717, 1.165) is 17.4 Å². The van der Waals surface area contributed by atoms with Crippen molar-refractivity contribution in [2.24, 2.45) is 10.4 Å². The Morgan fingerprint density at radius 3 is 2.28 bits per heavy atom. The molecule has 0 radical (unpaired) electrons. The number of nitrogens with one attached hydrogen (secondary N) is 1. The molecule has 1 aliphatic carbocycles.